The molecule has 6 rings (SSSR count). The standard InChI is InChI=1S/C44H40O/c1-33(39-26-16-27-40(31-39)41-25-13-12-19-36-20-14-15-28-43(36)45-32-41)30-42(34(2)29-35-17-6-3-7-18-35)44(37-21-8-4-9-22-37)38-23-10-5-11-24-38/h3-18,20-23,25-28,30-31H,19,24,29,32H2,1-2H3/b13-12-,33-30+,41-25+,42-34-,44-38-. The zero-order chi connectivity index (χ0) is 30.8. The van der Waals surface area contributed by atoms with Crippen molar-refractivity contribution in [3.05, 3.63) is 202 Å². The quantitative estimate of drug-likeness (QED) is 0.196. The lowest BCUT2D eigenvalue weighted by Crippen LogP contribution is -2.03. The van der Waals surface area contributed by atoms with Gasteiger partial charge in [0.1, 0.15) is 12.4 Å². The molecule has 1 heteroatoms. The Morgan fingerprint density at radius 1 is 0.711 bits per heavy atom. The van der Waals surface area contributed by atoms with Crippen molar-refractivity contribution in [2.75, 3.05) is 6.61 Å². The SMILES string of the molecule is C/C(Cc1ccccc1)=C(\C=C(/C)c1cccc(/C2=C/C=C\Cc3ccccc3OC2)c1)C(=C1/C=CC=CC1)/c1ccccc1. The third kappa shape index (κ3) is 7.51. The average molecular weight is 585 g/mol. The predicted molar refractivity (Wildman–Crippen MR) is 192 cm³/mol. The summed E-state index contributed by atoms with van der Waals surface area (Å²) in [5.41, 5.74) is 13.8. The van der Waals surface area contributed by atoms with Gasteiger partial charge in [0.2, 0.25) is 0 Å². The molecule has 0 aromatic heterocycles. The molecule has 0 amide bonds. The lowest BCUT2D eigenvalue weighted by molar-refractivity contribution is 0.366. The number of allylic oxidation sites excluding steroid dienone is 13. The van der Waals surface area contributed by atoms with Crippen molar-refractivity contribution in [1.82, 2.24) is 0 Å². The molecule has 2 aliphatic rings. The molecule has 0 N–H and O–H groups in total. The highest BCUT2D eigenvalue weighted by Crippen LogP contribution is 2.36. The van der Waals surface area contributed by atoms with Crippen LogP contribution in [-0.4, -0.2) is 6.61 Å². The predicted octanol–water partition coefficient (Wildman–Crippen LogP) is 11.2. The van der Waals surface area contributed by atoms with Crippen LogP contribution in [-0.2, 0) is 12.8 Å². The van der Waals surface area contributed by atoms with Crippen LogP contribution in [0.25, 0.3) is 16.7 Å². The third-order valence-electron chi connectivity index (χ3n) is 8.48. The van der Waals surface area contributed by atoms with Gasteiger partial charge in [0.05, 0.1) is 0 Å². The second-order valence-corrected chi connectivity index (χ2v) is 11.7. The first-order valence-electron chi connectivity index (χ1n) is 15.9. The van der Waals surface area contributed by atoms with Gasteiger partial charge < -0.3 is 4.74 Å². The number of para-hydroxylation sites is 1. The topological polar surface area (TPSA) is 9.23 Å². The van der Waals surface area contributed by atoms with Crippen molar-refractivity contribution in [3.63, 3.8) is 0 Å². The molecule has 1 nitrogen and oxygen atoms in total. The normalized spacial score (nSPS) is 18.3. The van der Waals surface area contributed by atoms with E-state index in [1.165, 1.54) is 61.3 Å². The van der Waals surface area contributed by atoms with Crippen molar-refractivity contribution in [1.29, 1.82) is 0 Å². The molecular formula is C44H40O. The Morgan fingerprint density at radius 3 is 2.24 bits per heavy atom. The van der Waals surface area contributed by atoms with Crippen LogP contribution >= 0.6 is 0 Å². The summed E-state index contributed by atoms with van der Waals surface area (Å²) in [6.07, 6.45) is 20.5. The maximum Gasteiger partial charge on any atom is 0.123 e. The number of hydrogen-bond donors (Lipinski definition) is 0. The minimum atomic E-state index is 0.527. The van der Waals surface area contributed by atoms with Crippen molar-refractivity contribution < 1.29 is 4.74 Å². The molecule has 0 fully saturated rings. The summed E-state index contributed by atoms with van der Waals surface area (Å²) in [4.78, 5) is 0. The van der Waals surface area contributed by atoms with Crippen molar-refractivity contribution >= 4 is 16.7 Å². The fourth-order valence-corrected chi connectivity index (χ4v) is 6.06. The molecule has 0 radical (unpaired) electrons. The van der Waals surface area contributed by atoms with Gasteiger partial charge in [-0.25, -0.2) is 0 Å². The highest BCUT2D eigenvalue weighted by atomic mass is 16.5. The van der Waals surface area contributed by atoms with E-state index in [1.807, 2.05) is 6.07 Å². The Hall–Kier alpha value is -5.14. The summed E-state index contributed by atoms with van der Waals surface area (Å²) < 4.78 is 6.33. The monoisotopic (exact) mass is 584 g/mol. The Balaban J connectivity index is 1.41. The van der Waals surface area contributed by atoms with E-state index in [2.05, 4.69) is 166 Å². The van der Waals surface area contributed by atoms with Crippen LogP contribution in [0.5, 0.6) is 5.75 Å². The third-order valence-corrected chi connectivity index (χ3v) is 8.48. The molecular weight excluding hydrogens is 544 g/mol. The van der Waals surface area contributed by atoms with Crippen LogP contribution in [0.4, 0.5) is 0 Å². The molecule has 0 bridgehead atoms. The van der Waals surface area contributed by atoms with Crippen LogP contribution in [0.15, 0.2) is 175 Å². The van der Waals surface area contributed by atoms with E-state index in [0.717, 1.165) is 25.0 Å². The smallest absolute Gasteiger partial charge is 0.123 e. The van der Waals surface area contributed by atoms with Gasteiger partial charge in [-0.05, 0) is 101 Å². The summed E-state index contributed by atoms with van der Waals surface area (Å²) in [6.45, 7) is 5.06. The average Bonchev–Trinajstić information content (AvgIpc) is 3.20. The highest BCUT2D eigenvalue weighted by molar-refractivity contribution is 5.89. The van der Waals surface area contributed by atoms with E-state index in [-0.39, 0.29) is 0 Å². The molecule has 1 heterocycles. The second-order valence-electron chi connectivity index (χ2n) is 11.7. The molecule has 0 saturated heterocycles. The van der Waals surface area contributed by atoms with E-state index < -0.39 is 0 Å². The fraction of sp³-hybridized carbons (Fsp3) is 0.136. The van der Waals surface area contributed by atoms with Crippen molar-refractivity contribution in [2.45, 2.75) is 33.1 Å². The fourth-order valence-electron chi connectivity index (χ4n) is 6.06. The van der Waals surface area contributed by atoms with Crippen LogP contribution in [0.3, 0.4) is 0 Å². The van der Waals surface area contributed by atoms with E-state index in [0.29, 0.717) is 6.61 Å². The molecule has 0 spiro atoms. The second kappa shape index (κ2) is 14.6. The first kappa shape index (κ1) is 29.9. The van der Waals surface area contributed by atoms with E-state index in [9.17, 15) is 0 Å². The number of fused-ring (bicyclic) bond motifs is 1. The Bertz CT molecular complexity index is 1860. The lowest BCUT2D eigenvalue weighted by Gasteiger charge is -2.20. The molecule has 45 heavy (non-hydrogen) atoms. The molecule has 0 unspecified atom stereocenters. The molecule has 0 saturated carbocycles. The summed E-state index contributed by atoms with van der Waals surface area (Å²) in [5.74, 6) is 0.957. The van der Waals surface area contributed by atoms with Gasteiger partial charge in [0, 0.05) is 0 Å². The zero-order valence-electron chi connectivity index (χ0n) is 26.2. The van der Waals surface area contributed by atoms with Gasteiger partial charge >= 0.3 is 0 Å². The van der Waals surface area contributed by atoms with Gasteiger partial charge in [-0.15, -0.1) is 0 Å². The number of hydrogen-bond acceptors (Lipinski definition) is 1. The largest absolute Gasteiger partial charge is 0.489 e. The maximum atomic E-state index is 6.33. The maximum absolute atomic E-state index is 6.33. The van der Waals surface area contributed by atoms with Crippen molar-refractivity contribution in [2.24, 2.45) is 0 Å². The first-order valence-corrected chi connectivity index (χ1v) is 15.9. The zero-order valence-corrected chi connectivity index (χ0v) is 26.2. The van der Waals surface area contributed by atoms with Gasteiger partial charge in [-0.1, -0.05) is 151 Å². The Morgan fingerprint density at radius 2 is 1.44 bits per heavy atom. The Kier molecular flexibility index (Phi) is 9.68. The number of benzene rings is 4. The molecule has 4 aromatic rings. The van der Waals surface area contributed by atoms with Crippen LogP contribution < -0.4 is 4.74 Å². The van der Waals surface area contributed by atoms with Gasteiger partial charge in [0.25, 0.3) is 0 Å². The molecule has 1 aliphatic heterocycles. The minimum absolute atomic E-state index is 0.527. The Labute approximate surface area is 268 Å². The summed E-state index contributed by atoms with van der Waals surface area (Å²) in [5, 5.41) is 0. The van der Waals surface area contributed by atoms with Gasteiger partial charge in [0.15, 0.2) is 0 Å². The van der Waals surface area contributed by atoms with E-state index in [1.54, 1.807) is 0 Å². The molecule has 0 atom stereocenters. The van der Waals surface area contributed by atoms with Crippen molar-refractivity contribution in [3.8, 4) is 5.75 Å². The van der Waals surface area contributed by atoms with Crippen LogP contribution in [0, 0.1) is 0 Å². The molecule has 4 aromatic carbocycles. The van der Waals surface area contributed by atoms with Crippen LogP contribution in [0.1, 0.15) is 48.1 Å². The lowest BCUT2D eigenvalue weighted by atomic mass is 9.84. The highest BCUT2D eigenvalue weighted by Gasteiger charge is 2.16. The number of rotatable bonds is 7. The summed E-state index contributed by atoms with van der Waals surface area (Å²) in [7, 11) is 0. The molecule has 1 aliphatic carbocycles. The first-order chi connectivity index (χ1) is 22.2. The van der Waals surface area contributed by atoms with E-state index in [4.69, 9.17) is 4.74 Å². The van der Waals surface area contributed by atoms with Crippen LogP contribution in [0.2, 0.25) is 0 Å². The van der Waals surface area contributed by atoms with Gasteiger partial charge in [-0.2, -0.15) is 0 Å². The minimum Gasteiger partial charge on any atom is -0.489 e. The number of ether oxygens (including phenoxy) is 1. The summed E-state index contributed by atoms with van der Waals surface area (Å²) >= 11 is 0. The van der Waals surface area contributed by atoms with Gasteiger partial charge in [-0.3, -0.25) is 0 Å². The summed E-state index contributed by atoms with van der Waals surface area (Å²) in [6, 6.07) is 38.9. The van der Waals surface area contributed by atoms with E-state index >= 15 is 0 Å². The molecule has 222 valence electrons.